The Bertz CT molecular complexity index is 829. The Balaban J connectivity index is 1.84. The molecule has 1 N–H and O–H groups in total. The molecule has 0 amide bonds. The first-order chi connectivity index (χ1) is 12.1. The standard InChI is InChI=1S/C15H23N3O6S2/c1-24-15(19)13-3-5-14(6-4-13)26(22,23)16-7-8-17-9-11-18(12-10-17)25(2,20)21/h3-6,16H,7-12H2,1-2H3. The Hall–Kier alpha value is -1.53. The van der Waals surface area contributed by atoms with Crippen molar-refractivity contribution in [1.29, 1.82) is 0 Å². The Morgan fingerprint density at radius 1 is 1.08 bits per heavy atom. The van der Waals surface area contributed by atoms with Gasteiger partial charge in [0.05, 0.1) is 23.8 Å². The Morgan fingerprint density at radius 2 is 1.65 bits per heavy atom. The van der Waals surface area contributed by atoms with Gasteiger partial charge in [0.15, 0.2) is 0 Å². The van der Waals surface area contributed by atoms with Gasteiger partial charge in [-0.2, -0.15) is 4.31 Å². The van der Waals surface area contributed by atoms with Gasteiger partial charge in [-0.3, -0.25) is 4.90 Å². The maximum Gasteiger partial charge on any atom is 0.337 e. The molecule has 1 saturated heterocycles. The Kier molecular flexibility index (Phi) is 6.74. The summed E-state index contributed by atoms with van der Waals surface area (Å²) in [5.41, 5.74) is 0.273. The maximum atomic E-state index is 12.3. The van der Waals surface area contributed by atoms with Crippen LogP contribution in [-0.4, -0.2) is 84.6 Å². The molecular formula is C15H23N3O6S2. The summed E-state index contributed by atoms with van der Waals surface area (Å²) < 4.78 is 56.0. The highest BCUT2D eigenvalue weighted by atomic mass is 32.2. The van der Waals surface area contributed by atoms with Crippen molar-refractivity contribution in [3.05, 3.63) is 29.8 Å². The molecule has 9 nitrogen and oxygen atoms in total. The number of carbonyl (C=O) groups is 1. The SMILES string of the molecule is COC(=O)c1ccc(S(=O)(=O)NCCN2CCN(S(C)(=O)=O)CC2)cc1. The summed E-state index contributed by atoms with van der Waals surface area (Å²) in [7, 11) is -5.60. The van der Waals surface area contributed by atoms with E-state index in [4.69, 9.17) is 0 Å². The quantitative estimate of drug-likeness (QED) is 0.599. The first-order valence-electron chi connectivity index (χ1n) is 7.99. The fourth-order valence-corrected chi connectivity index (χ4v) is 4.44. The lowest BCUT2D eigenvalue weighted by Crippen LogP contribution is -2.49. The maximum absolute atomic E-state index is 12.3. The van der Waals surface area contributed by atoms with E-state index in [9.17, 15) is 21.6 Å². The van der Waals surface area contributed by atoms with Crippen LogP contribution in [0.2, 0.25) is 0 Å². The fourth-order valence-electron chi connectivity index (χ4n) is 2.59. The van der Waals surface area contributed by atoms with Gasteiger partial charge in [-0.1, -0.05) is 0 Å². The average Bonchev–Trinajstić information content (AvgIpc) is 2.60. The molecule has 146 valence electrons. The number of carbonyl (C=O) groups excluding carboxylic acids is 1. The lowest BCUT2D eigenvalue weighted by molar-refractivity contribution is 0.0600. The monoisotopic (exact) mass is 405 g/mol. The number of rotatable bonds is 7. The summed E-state index contributed by atoms with van der Waals surface area (Å²) in [6.45, 7) is 2.61. The Labute approximate surface area is 154 Å². The number of methoxy groups -OCH3 is 1. The van der Waals surface area contributed by atoms with Gasteiger partial charge in [0, 0.05) is 39.3 Å². The van der Waals surface area contributed by atoms with E-state index in [0.29, 0.717) is 32.7 Å². The fraction of sp³-hybridized carbons (Fsp3) is 0.533. The topological polar surface area (TPSA) is 113 Å². The van der Waals surface area contributed by atoms with Crippen molar-refractivity contribution in [2.75, 3.05) is 52.6 Å². The van der Waals surface area contributed by atoms with Crippen LogP contribution in [-0.2, 0) is 24.8 Å². The van der Waals surface area contributed by atoms with Gasteiger partial charge in [0.2, 0.25) is 20.0 Å². The highest BCUT2D eigenvalue weighted by Gasteiger charge is 2.23. The van der Waals surface area contributed by atoms with Gasteiger partial charge in [0.1, 0.15) is 0 Å². The molecule has 0 atom stereocenters. The van der Waals surface area contributed by atoms with E-state index in [0.717, 1.165) is 0 Å². The number of hydrogen-bond donors (Lipinski definition) is 1. The molecule has 0 bridgehead atoms. The van der Waals surface area contributed by atoms with Crippen LogP contribution in [0.5, 0.6) is 0 Å². The van der Waals surface area contributed by atoms with E-state index in [1.54, 1.807) is 0 Å². The number of benzene rings is 1. The zero-order chi connectivity index (χ0) is 19.4. The van der Waals surface area contributed by atoms with Crippen LogP contribution in [0.15, 0.2) is 29.2 Å². The van der Waals surface area contributed by atoms with Gasteiger partial charge in [-0.05, 0) is 24.3 Å². The summed E-state index contributed by atoms with van der Waals surface area (Å²) in [6.07, 6.45) is 1.18. The van der Waals surface area contributed by atoms with Gasteiger partial charge in [-0.15, -0.1) is 0 Å². The number of sulfonamides is 2. The van der Waals surface area contributed by atoms with Crippen molar-refractivity contribution in [1.82, 2.24) is 13.9 Å². The second kappa shape index (κ2) is 8.44. The number of piperazine rings is 1. The van der Waals surface area contributed by atoms with E-state index >= 15 is 0 Å². The summed E-state index contributed by atoms with van der Waals surface area (Å²) in [4.78, 5) is 13.4. The molecule has 0 unspecified atom stereocenters. The molecule has 1 heterocycles. The summed E-state index contributed by atoms with van der Waals surface area (Å²) in [5, 5.41) is 0. The first kappa shape index (κ1) is 20.8. The molecule has 1 aliphatic rings. The van der Waals surface area contributed by atoms with Crippen molar-refractivity contribution in [2.24, 2.45) is 0 Å². The molecule has 0 aliphatic carbocycles. The third-order valence-corrected chi connectivity index (χ3v) is 6.89. The molecular weight excluding hydrogens is 382 g/mol. The number of nitrogens with zero attached hydrogens (tertiary/aromatic N) is 2. The summed E-state index contributed by atoms with van der Waals surface area (Å²) in [5.74, 6) is -0.532. The molecule has 0 saturated carbocycles. The van der Waals surface area contributed by atoms with E-state index in [-0.39, 0.29) is 17.0 Å². The predicted octanol–water partition coefficient (Wildman–Crippen LogP) is -0.671. The van der Waals surface area contributed by atoms with Crippen molar-refractivity contribution < 1.29 is 26.4 Å². The molecule has 26 heavy (non-hydrogen) atoms. The molecule has 0 aromatic heterocycles. The van der Waals surface area contributed by atoms with E-state index < -0.39 is 26.0 Å². The molecule has 0 spiro atoms. The van der Waals surface area contributed by atoms with Crippen molar-refractivity contribution in [3.63, 3.8) is 0 Å². The van der Waals surface area contributed by atoms with Crippen molar-refractivity contribution in [3.8, 4) is 0 Å². The number of esters is 1. The van der Waals surface area contributed by atoms with E-state index in [1.807, 2.05) is 4.90 Å². The third-order valence-electron chi connectivity index (χ3n) is 4.11. The third kappa shape index (κ3) is 5.48. The second-order valence-corrected chi connectivity index (χ2v) is 9.67. The first-order valence-corrected chi connectivity index (χ1v) is 11.3. The van der Waals surface area contributed by atoms with Crippen LogP contribution in [0.25, 0.3) is 0 Å². The summed E-state index contributed by atoms with van der Waals surface area (Å²) in [6, 6.07) is 5.48. The van der Waals surface area contributed by atoms with Crippen LogP contribution < -0.4 is 4.72 Å². The van der Waals surface area contributed by atoms with Crippen LogP contribution in [0.1, 0.15) is 10.4 Å². The van der Waals surface area contributed by atoms with Gasteiger partial charge in [0.25, 0.3) is 0 Å². The molecule has 2 rings (SSSR count). The van der Waals surface area contributed by atoms with Crippen LogP contribution in [0.4, 0.5) is 0 Å². The van der Waals surface area contributed by atoms with Crippen molar-refractivity contribution >= 4 is 26.0 Å². The second-order valence-electron chi connectivity index (χ2n) is 5.92. The number of nitrogens with one attached hydrogen (secondary N) is 1. The minimum atomic E-state index is -3.68. The zero-order valence-corrected chi connectivity index (χ0v) is 16.3. The molecule has 0 radical (unpaired) electrons. The minimum absolute atomic E-state index is 0.0621. The highest BCUT2D eigenvalue weighted by Crippen LogP contribution is 2.11. The zero-order valence-electron chi connectivity index (χ0n) is 14.7. The highest BCUT2D eigenvalue weighted by molar-refractivity contribution is 7.89. The van der Waals surface area contributed by atoms with Gasteiger partial charge in [-0.25, -0.2) is 26.4 Å². The molecule has 1 aromatic rings. The van der Waals surface area contributed by atoms with E-state index in [1.165, 1.54) is 41.9 Å². The van der Waals surface area contributed by atoms with Crippen LogP contribution >= 0.6 is 0 Å². The van der Waals surface area contributed by atoms with Crippen molar-refractivity contribution in [2.45, 2.75) is 4.90 Å². The molecule has 1 aromatic carbocycles. The smallest absolute Gasteiger partial charge is 0.337 e. The number of hydrogen-bond acceptors (Lipinski definition) is 7. The predicted molar refractivity (Wildman–Crippen MR) is 95.8 cm³/mol. The lowest BCUT2D eigenvalue weighted by atomic mass is 10.2. The van der Waals surface area contributed by atoms with Crippen LogP contribution in [0.3, 0.4) is 0 Å². The van der Waals surface area contributed by atoms with Crippen LogP contribution in [0, 0.1) is 0 Å². The largest absolute Gasteiger partial charge is 0.465 e. The normalized spacial score (nSPS) is 17.2. The molecule has 1 fully saturated rings. The minimum Gasteiger partial charge on any atom is -0.465 e. The number of ether oxygens (including phenoxy) is 1. The average molecular weight is 405 g/mol. The lowest BCUT2D eigenvalue weighted by Gasteiger charge is -2.33. The Morgan fingerprint density at radius 3 is 2.15 bits per heavy atom. The summed E-state index contributed by atoms with van der Waals surface area (Å²) >= 11 is 0. The van der Waals surface area contributed by atoms with Gasteiger partial charge >= 0.3 is 5.97 Å². The molecule has 11 heteroatoms. The van der Waals surface area contributed by atoms with E-state index in [2.05, 4.69) is 9.46 Å². The molecule has 1 aliphatic heterocycles. The van der Waals surface area contributed by atoms with Gasteiger partial charge < -0.3 is 4.74 Å².